The third kappa shape index (κ3) is 7.14. The first kappa shape index (κ1) is 26.9. The maximum absolute atomic E-state index is 14.4. The number of carbonyl (C=O) groups is 1. The predicted molar refractivity (Wildman–Crippen MR) is 137 cm³/mol. The number of aryl methyl sites for hydroxylation is 1. The monoisotopic (exact) mass is 490 g/mol. The molecule has 0 amide bonds. The van der Waals surface area contributed by atoms with E-state index in [0.717, 1.165) is 23.1 Å². The van der Waals surface area contributed by atoms with Crippen molar-refractivity contribution in [3.63, 3.8) is 0 Å². The van der Waals surface area contributed by atoms with Crippen LogP contribution in [-0.4, -0.2) is 41.0 Å². The Bertz CT molecular complexity index is 1250. The van der Waals surface area contributed by atoms with Crippen LogP contribution in [0.5, 0.6) is 5.75 Å². The molecule has 1 unspecified atom stereocenters. The fourth-order valence-electron chi connectivity index (χ4n) is 3.85. The van der Waals surface area contributed by atoms with Gasteiger partial charge in [-0.3, -0.25) is 0 Å². The van der Waals surface area contributed by atoms with Crippen molar-refractivity contribution in [2.24, 2.45) is 0 Å². The Morgan fingerprint density at radius 2 is 1.81 bits per heavy atom. The van der Waals surface area contributed by atoms with Gasteiger partial charge in [0.15, 0.2) is 0 Å². The lowest BCUT2D eigenvalue weighted by atomic mass is 9.93. The average Bonchev–Trinajstić information content (AvgIpc) is 2.87. The Morgan fingerprint density at radius 1 is 1.11 bits per heavy atom. The Kier molecular flexibility index (Phi) is 8.81. The summed E-state index contributed by atoms with van der Waals surface area (Å²) in [5.41, 5.74) is 3.14. The smallest absolute Gasteiger partial charge is 0.335 e. The summed E-state index contributed by atoms with van der Waals surface area (Å²) >= 11 is 0. The molecule has 0 radical (unpaired) electrons. The minimum absolute atomic E-state index is 0.0429. The highest BCUT2D eigenvalue weighted by molar-refractivity contribution is 5.88. The van der Waals surface area contributed by atoms with Crippen LogP contribution in [-0.2, 0) is 12.8 Å². The van der Waals surface area contributed by atoms with Gasteiger partial charge in [0, 0.05) is 12.1 Å². The summed E-state index contributed by atoms with van der Waals surface area (Å²) in [4.78, 5) is 11.1. The molecule has 6 nitrogen and oxygen atoms in total. The van der Waals surface area contributed by atoms with Gasteiger partial charge in [-0.1, -0.05) is 37.3 Å². The van der Waals surface area contributed by atoms with E-state index in [4.69, 9.17) is 9.84 Å². The van der Waals surface area contributed by atoms with Crippen molar-refractivity contribution in [2.75, 3.05) is 13.2 Å². The first-order valence-corrected chi connectivity index (χ1v) is 11.8. The van der Waals surface area contributed by atoms with Crippen LogP contribution in [0.2, 0.25) is 0 Å². The zero-order chi connectivity index (χ0) is 26.3. The maximum Gasteiger partial charge on any atom is 0.335 e. The van der Waals surface area contributed by atoms with E-state index in [-0.39, 0.29) is 24.5 Å². The van der Waals surface area contributed by atoms with Crippen molar-refractivity contribution in [3.05, 3.63) is 88.7 Å². The van der Waals surface area contributed by atoms with Crippen molar-refractivity contribution in [3.8, 4) is 22.9 Å². The van der Waals surface area contributed by atoms with Gasteiger partial charge in [-0.2, -0.15) is 5.26 Å². The Labute approximate surface area is 211 Å². The number of rotatable bonds is 11. The number of nitriles is 1. The van der Waals surface area contributed by atoms with Crippen molar-refractivity contribution in [1.82, 2.24) is 5.32 Å². The van der Waals surface area contributed by atoms with E-state index in [2.05, 4.69) is 11.4 Å². The minimum atomic E-state index is -1.00. The molecule has 3 N–H and O–H groups in total. The zero-order valence-corrected chi connectivity index (χ0v) is 20.7. The summed E-state index contributed by atoms with van der Waals surface area (Å²) in [5.74, 6) is -0.904. The van der Waals surface area contributed by atoms with Gasteiger partial charge in [-0.25, -0.2) is 9.18 Å². The topological polar surface area (TPSA) is 103 Å². The number of hydrogen-bond donors (Lipinski definition) is 3. The number of nitrogens with one attached hydrogen (secondary N) is 1. The average molecular weight is 491 g/mol. The summed E-state index contributed by atoms with van der Waals surface area (Å²) in [7, 11) is 0. The highest BCUT2D eigenvalue weighted by atomic mass is 19.1. The molecule has 1 atom stereocenters. The summed E-state index contributed by atoms with van der Waals surface area (Å²) in [6, 6.07) is 18.9. The first-order valence-electron chi connectivity index (χ1n) is 11.8. The quantitative estimate of drug-likeness (QED) is 0.351. The van der Waals surface area contributed by atoms with Gasteiger partial charge >= 0.3 is 5.97 Å². The van der Waals surface area contributed by atoms with Crippen LogP contribution in [0.3, 0.4) is 0 Å². The number of benzene rings is 3. The van der Waals surface area contributed by atoms with Crippen LogP contribution < -0.4 is 10.1 Å². The van der Waals surface area contributed by atoms with Gasteiger partial charge < -0.3 is 20.3 Å². The standard InChI is InChI=1S/C29H31FN2O4/c1-4-19-5-6-23(26(30)13-19)15-29(2,3)32-17-25(33)18-36-27-14-22(11-12-24(27)16-31)20-7-9-21(10-8-20)28(34)35/h5-14,25,32-33H,4,15,17-18H2,1-3H3,(H,34,35). The van der Waals surface area contributed by atoms with Gasteiger partial charge in [0.2, 0.25) is 0 Å². The lowest BCUT2D eigenvalue weighted by Gasteiger charge is -2.28. The fourth-order valence-corrected chi connectivity index (χ4v) is 3.85. The molecular weight excluding hydrogens is 459 g/mol. The molecule has 188 valence electrons. The van der Waals surface area contributed by atoms with Crippen LogP contribution in [0, 0.1) is 17.1 Å². The van der Waals surface area contributed by atoms with Gasteiger partial charge in [0.1, 0.15) is 30.3 Å². The molecular formula is C29H31FN2O4. The number of halogens is 1. The molecule has 36 heavy (non-hydrogen) atoms. The maximum atomic E-state index is 14.4. The van der Waals surface area contributed by atoms with E-state index >= 15 is 0 Å². The number of aromatic carboxylic acids is 1. The third-order valence-corrected chi connectivity index (χ3v) is 5.97. The van der Waals surface area contributed by atoms with E-state index in [1.165, 1.54) is 12.1 Å². The summed E-state index contributed by atoms with van der Waals surface area (Å²) < 4.78 is 20.2. The van der Waals surface area contributed by atoms with Crippen molar-refractivity contribution in [1.29, 1.82) is 5.26 Å². The van der Waals surface area contributed by atoms with E-state index in [1.54, 1.807) is 36.4 Å². The van der Waals surface area contributed by atoms with E-state index in [9.17, 15) is 19.6 Å². The normalized spacial score (nSPS) is 12.1. The van der Waals surface area contributed by atoms with Crippen LogP contribution in [0.1, 0.15) is 47.8 Å². The molecule has 0 aliphatic rings. The van der Waals surface area contributed by atoms with Gasteiger partial charge in [-0.05, 0) is 79.3 Å². The zero-order valence-electron chi connectivity index (χ0n) is 20.7. The fraction of sp³-hybridized carbons (Fsp3) is 0.310. The van der Waals surface area contributed by atoms with Gasteiger partial charge in [0.25, 0.3) is 0 Å². The highest BCUT2D eigenvalue weighted by Gasteiger charge is 2.21. The molecule has 3 rings (SSSR count). The number of aliphatic hydroxyl groups is 1. The first-order chi connectivity index (χ1) is 17.1. The lowest BCUT2D eigenvalue weighted by molar-refractivity contribution is 0.0697. The van der Waals surface area contributed by atoms with Crippen LogP contribution in [0.25, 0.3) is 11.1 Å². The van der Waals surface area contributed by atoms with Crippen molar-refractivity contribution < 1.29 is 24.1 Å². The number of carboxylic acids is 1. The molecule has 7 heteroatoms. The molecule has 0 bridgehead atoms. The largest absolute Gasteiger partial charge is 0.489 e. The summed E-state index contributed by atoms with van der Waals surface area (Å²) in [6.07, 6.45) is 0.373. The summed E-state index contributed by atoms with van der Waals surface area (Å²) in [5, 5.41) is 32.3. The second-order valence-electron chi connectivity index (χ2n) is 9.39. The number of ether oxygens (including phenoxy) is 1. The molecule has 0 saturated heterocycles. The van der Waals surface area contributed by atoms with E-state index in [0.29, 0.717) is 23.3 Å². The molecule has 0 aromatic heterocycles. The molecule has 3 aromatic rings. The third-order valence-electron chi connectivity index (χ3n) is 5.97. The number of aliphatic hydroxyl groups excluding tert-OH is 1. The second-order valence-corrected chi connectivity index (χ2v) is 9.39. The molecule has 0 fully saturated rings. The number of hydrogen-bond acceptors (Lipinski definition) is 5. The van der Waals surface area contributed by atoms with E-state index < -0.39 is 17.6 Å². The second kappa shape index (κ2) is 11.8. The van der Waals surface area contributed by atoms with Crippen molar-refractivity contribution >= 4 is 5.97 Å². The number of carboxylic acid groups (broad SMARTS) is 1. The van der Waals surface area contributed by atoms with Gasteiger partial charge in [-0.15, -0.1) is 0 Å². The van der Waals surface area contributed by atoms with Crippen molar-refractivity contribution in [2.45, 2.75) is 45.3 Å². The molecule has 3 aromatic carbocycles. The van der Waals surface area contributed by atoms with E-state index in [1.807, 2.05) is 32.9 Å². The molecule has 0 aliphatic heterocycles. The van der Waals surface area contributed by atoms with Crippen LogP contribution in [0.15, 0.2) is 60.7 Å². The van der Waals surface area contributed by atoms with Crippen LogP contribution >= 0.6 is 0 Å². The minimum Gasteiger partial charge on any atom is -0.489 e. The molecule has 0 spiro atoms. The Balaban J connectivity index is 1.60. The highest BCUT2D eigenvalue weighted by Crippen LogP contribution is 2.28. The number of nitrogens with zero attached hydrogens (tertiary/aromatic N) is 1. The van der Waals surface area contributed by atoms with Crippen LogP contribution in [0.4, 0.5) is 4.39 Å². The lowest BCUT2D eigenvalue weighted by Crippen LogP contribution is -2.46. The summed E-state index contributed by atoms with van der Waals surface area (Å²) in [6.45, 7) is 6.05. The molecule has 0 aliphatic carbocycles. The number of β-amino-alcohol motifs (C(OH)–C–C–N with tert-alkyl or cyclic N) is 1. The van der Waals surface area contributed by atoms with Gasteiger partial charge in [0.05, 0.1) is 11.1 Å². The predicted octanol–water partition coefficient (Wildman–Crippen LogP) is 4.98. The molecule has 0 heterocycles. The Morgan fingerprint density at radius 3 is 2.42 bits per heavy atom. The Hall–Kier alpha value is -3.73. The SMILES string of the molecule is CCc1ccc(CC(C)(C)NCC(O)COc2cc(-c3ccc(C(=O)O)cc3)ccc2C#N)c(F)c1. The molecule has 0 saturated carbocycles.